The van der Waals surface area contributed by atoms with E-state index in [1.54, 1.807) is 38.5 Å². The quantitative estimate of drug-likeness (QED) is 0.917. The van der Waals surface area contributed by atoms with Crippen LogP contribution in [-0.2, 0) is 0 Å². The fourth-order valence-corrected chi connectivity index (χ4v) is 2.02. The van der Waals surface area contributed by atoms with Crippen molar-refractivity contribution in [3.05, 3.63) is 59.7 Å². The molecule has 0 aliphatic carbocycles. The minimum atomic E-state index is -0.118. The van der Waals surface area contributed by atoms with Crippen LogP contribution in [0.5, 0.6) is 11.5 Å². The molecule has 0 bridgehead atoms. The summed E-state index contributed by atoms with van der Waals surface area (Å²) in [4.78, 5) is 12.2. The molecule has 2 rings (SSSR count). The first-order valence-electron chi connectivity index (χ1n) is 6.73. The molecule has 1 unspecified atom stereocenters. The minimum absolute atomic E-state index is 0.102. The van der Waals surface area contributed by atoms with Crippen LogP contribution >= 0.6 is 0 Å². The van der Waals surface area contributed by atoms with Crippen molar-refractivity contribution in [1.29, 1.82) is 0 Å². The zero-order chi connectivity index (χ0) is 15.2. The van der Waals surface area contributed by atoms with Crippen molar-refractivity contribution in [2.45, 2.75) is 13.0 Å². The highest BCUT2D eigenvalue weighted by Crippen LogP contribution is 2.19. The highest BCUT2D eigenvalue weighted by Gasteiger charge is 2.12. The number of methoxy groups -OCH3 is 2. The third-order valence-electron chi connectivity index (χ3n) is 3.29. The maximum absolute atomic E-state index is 12.2. The fraction of sp³-hybridized carbons (Fsp3) is 0.235. The second kappa shape index (κ2) is 6.79. The van der Waals surface area contributed by atoms with Gasteiger partial charge in [-0.3, -0.25) is 4.79 Å². The first-order chi connectivity index (χ1) is 10.1. The van der Waals surface area contributed by atoms with Gasteiger partial charge in [-0.2, -0.15) is 0 Å². The van der Waals surface area contributed by atoms with Crippen LogP contribution in [0.3, 0.4) is 0 Å². The fourth-order valence-electron chi connectivity index (χ4n) is 2.02. The molecule has 0 heterocycles. The Morgan fingerprint density at radius 2 is 1.67 bits per heavy atom. The molecule has 0 saturated carbocycles. The van der Waals surface area contributed by atoms with Gasteiger partial charge in [0.15, 0.2) is 0 Å². The standard InChI is InChI=1S/C17H19NO3/c1-12(14-5-4-6-16(11-14)21-3)18-17(19)13-7-9-15(20-2)10-8-13/h4-12H,1-3H3,(H,18,19). The predicted molar refractivity (Wildman–Crippen MR) is 81.9 cm³/mol. The number of benzene rings is 2. The number of hydrogen-bond acceptors (Lipinski definition) is 3. The second-order valence-electron chi connectivity index (χ2n) is 4.70. The van der Waals surface area contributed by atoms with Crippen molar-refractivity contribution < 1.29 is 14.3 Å². The highest BCUT2D eigenvalue weighted by atomic mass is 16.5. The number of nitrogens with one attached hydrogen (secondary N) is 1. The molecule has 2 aromatic carbocycles. The molecule has 0 aliphatic rings. The summed E-state index contributed by atoms with van der Waals surface area (Å²) in [6.07, 6.45) is 0. The lowest BCUT2D eigenvalue weighted by Crippen LogP contribution is -2.26. The van der Waals surface area contributed by atoms with Crippen LogP contribution in [0.4, 0.5) is 0 Å². The third kappa shape index (κ3) is 3.75. The van der Waals surface area contributed by atoms with Gasteiger partial charge in [0, 0.05) is 5.56 Å². The number of carbonyl (C=O) groups excluding carboxylic acids is 1. The number of hydrogen-bond donors (Lipinski definition) is 1. The van der Waals surface area contributed by atoms with Crippen molar-refractivity contribution in [3.63, 3.8) is 0 Å². The SMILES string of the molecule is COc1ccc(C(=O)NC(C)c2cccc(OC)c2)cc1. The van der Waals surface area contributed by atoms with E-state index in [9.17, 15) is 4.79 Å². The van der Waals surface area contributed by atoms with Gasteiger partial charge >= 0.3 is 0 Å². The largest absolute Gasteiger partial charge is 0.497 e. The molecular weight excluding hydrogens is 266 g/mol. The maximum Gasteiger partial charge on any atom is 0.251 e. The van der Waals surface area contributed by atoms with Gasteiger partial charge in [-0.05, 0) is 48.9 Å². The van der Waals surface area contributed by atoms with E-state index < -0.39 is 0 Å². The monoisotopic (exact) mass is 285 g/mol. The molecule has 1 N–H and O–H groups in total. The van der Waals surface area contributed by atoms with E-state index in [1.807, 2.05) is 31.2 Å². The van der Waals surface area contributed by atoms with Crippen LogP contribution in [0, 0.1) is 0 Å². The average Bonchev–Trinajstić information content (AvgIpc) is 2.54. The maximum atomic E-state index is 12.2. The van der Waals surface area contributed by atoms with Crippen molar-refractivity contribution >= 4 is 5.91 Å². The Morgan fingerprint density at radius 3 is 2.29 bits per heavy atom. The van der Waals surface area contributed by atoms with E-state index in [-0.39, 0.29) is 11.9 Å². The topological polar surface area (TPSA) is 47.6 Å². The molecule has 0 saturated heterocycles. The van der Waals surface area contributed by atoms with E-state index in [0.29, 0.717) is 5.56 Å². The molecule has 0 spiro atoms. The van der Waals surface area contributed by atoms with Crippen LogP contribution in [0.2, 0.25) is 0 Å². The predicted octanol–water partition coefficient (Wildman–Crippen LogP) is 3.19. The summed E-state index contributed by atoms with van der Waals surface area (Å²) in [5.41, 5.74) is 1.60. The summed E-state index contributed by atoms with van der Waals surface area (Å²) >= 11 is 0. The van der Waals surface area contributed by atoms with Gasteiger partial charge in [0.25, 0.3) is 5.91 Å². The summed E-state index contributed by atoms with van der Waals surface area (Å²) in [6, 6.07) is 14.6. The average molecular weight is 285 g/mol. The Balaban J connectivity index is 2.06. The summed E-state index contributed by atoms with van der Waals surface area (Å²) in [7, 11) is 3.22. The molecular formula is C17H19NO3. The van der Waals surface area contributed by atoms with Gasteiger partial charge in [-0.1, -0.05) is 12.1 Å². The number of amides is 1. The minimum Gasteiger partial charge on any atom is -0.497 e. The van der Waals surface area contributed by atoms with Crippen LogP contribution in [-0.4, -0.2) is 20.1 Å². The molecule has 110 valence electrons. The van der Waals surface area contributed by atoms with Gasteiger partial charge in [-0.15, -0.1) is 0 Å². The summed E-state index contributed by atoms with van der Waals surface area (Å²) in [6.45, 7) is 1.94. The molecule has 4 nitrogen and oxygen atoms in total. The summed E-state index contributed by atoms with van der Waals surface area (Å²) < 4.78 is 10.3. The second-order valence-corrected chi connectivity index (χ2v) is 4.70. The first-order valence-corrected chi connectivity index (χ1v) is 6.73. The third-order valence-corrected chi connectivity index (χ3v) is 3.29. The zero-order valence-electron chi connectivity index (χ0n) is 12.4. The van der Waals surface area contributed by atoms with Gasteiger partial charge < -0.3 is 14.8 Å². The van der Waals surface area contributed by atoms with Gasteiger partial charge in [0.2, 0.25) is 0 Å². The lowest BCUT2D eigenvalue weighted by Gasteiger charge is -2.15. The number of rotatable bonds is 5. The lowest BCUT2D eigenvalue weighted by molar-refractivity contribution is 0.0940. The lowest BCUT2D eigenvalue weighted by atomic mass is 10.1. The Kier molecular flexibility index (Phi) is 4.82. The zero-order valence-corrected chi connectivity index (χ0v) is 12.4. The van der Waals surface area contributed by atoms with Crippen molar-refractivity contribution in [1.82, 2.24) is 5.32 Å². The smallest absolute Gasteiger partial charge is 0.251 e. The van der Waals surface area contributed by atoms with Crippen molar-refractivity contribution in [3.8, 4) is 11.5 Å². The van der Waals surface area contributed by atoms with Crippen molar-refractivity contribution in [2.75, 3.05) is 14.2 Å². The van der Waals surface area contributed by atoms with Crippen LogP contribution in [0.15, 0.2) is 48.5 Å². The summed E-state index contributed by atoms with van der Waals surface area (Å²) in [5.74, 6) is 1.39. The van der Waals surface area contributed by atoms with Crippen LogP contribution < -0.4 is 14.8 Å². The Morgan fingerprint density at radius 1 is 1.00 bits per heavy atom. The number of carbonyl (C=O) groups is 1. The molecule has 4 heteroatoms. The van der Waals surface area contributed by atoms with E-state index in [4.69, 9.17) is 9.47 Å². The van der Waals surface area contributed by atoms with Crippen molar-refractivity contribution in [2.24, 2.45) is 0 Å². The molecule has 21 heavy (non-hydrogen) atoms. The molecule has 0 aliphatic heterocycles. The van der Waals surface area contributed by atoms with E-state index in [1.165, 1.54) is 0 Å². The van der Waals surface area contributed by atoms with E-state index >= 15 is 0 Å². The Labute approximate surface area is 124 Å². The first kappa shape index (κ1) is 14.9. The normalized spacial score (nSPS) is 11.6. The van der Waals surface area contributed by atoms with Gasteiger partial charge in [0.1, 0.15) is 11.5 Å². The van der Waals surface area contributed by atoms with Gasteiger partial charge in [0.05, 0.1) is 20.3 Å². The molecule has 2 aromatic rings. The van der Waals surface area contributed by atoms with E-state index in [2.05, 4.69) is 5.32 Å². The number of ether oxygens (including phenoxy) is 2. The highest BCUT2D eigenvalue weighted by molar-refractivity contribution is 5.94. The molecule has 0 radical (unpaired) electrons. The van der Waals surface area contributed by atoms with E-state index in [0.717, 1.165) is 17.1 Å². The van der Waals surface area contributed by atoms with Crippen LogP contribution in [0.1, 0.15) is 28.9 Å². The van der Waals surface area contributed by atoms with Gasteiger partial charge in [-0.25, -0.2) is 0 Å². The Bertz CT molecular complexity index is 608. The van der Waals surface area contributed by atoms with Crippen LogP contribution in [0.25, 0.3) is 0 Å². The molecule has 1 amide bonds. The Hall–Kier alpha value is -2.49. The molecule has 1 atom stereocenters. The summed E-state index contributed by atoms with van der Waals surface area (Å²) in [5, 5.41) is 2.97. The molecule has 0 aromatic heterocycles. The molecule has 0 fully saturated rings.